The lowest BCUT2D eigenvalue weighted by Gasteiger charge is -2.09. The van der Waals surface area contributed by atoms with E-state index in [0.717, 1.165) is 11.4 Å². The highest BCUT2D eigenvalue weighted by molar-refractivity contribution is 7.25. The molecular weight excluding hydrogens is 406 g/mol. The SMILES string of the molecule is c1ccc(-c2cccc(-c3ccc(Nc4ccc5c(c4)sc4ccccc45)cc3)c2)cc1. The molecule has 1 heterocycles. The molecule has 2 heteroatoms. The van der Waals surface area contributed by atoms with Crippen molar-refractivity contribution in [3.63, 3.8) is 0 Å². The minimum atomic E-state index is 1.09. The Morgan fingerprint density at radius 1 is 0.406 bits per heavy atom. The number of hydrogen-bond acceptors (Lipinski definition) is 2. The average molecular weight is 428 g/mol. The number of hydrogen-bond donors (Lipinski definition) is 1. The van der Waals surface area contributed by atoms with Crippen LogP contribution in [0.4, 0.5) is 11.4 Å². The van der Waals surface area contributed by atoms with Crippen molar-refractivity contribution in [2.75, 3.05) is 5.32 Å². The number of thiophene rings is 1. The lowest BCUT2D eigenvalue weighted by atomic mass is 9.99. The quantitative estimate of drug-likeness (QED) is 0.296. The molecule has 0 aliphatic carbocycles. The zero-order valence-corrected chi connectivity index (χ0v) is 18.3. The van der Waals surface area contributed by atoms with E-state index in [1.165, 1.54) is 42.4 Å². The highest BCUT2D eigenvalue weighted by atomic mass is 32.1. The molecule has 0 saturated heterocycles. The maximum absolute atomic E-state index is 3.56. The molecule has 0 fully saturated rings. The van der Waals surface area contributed by atoms with Gasteiger partial charge in [-0.1, -0.05) is 84.9 Å². The normalized spacial score (nSPS) is 11.1. The topological polar surface area (TPSA) is 12.0 Å². The fourth-order valence-corrected chi connectivity index (χ4v) is 5.37. The molecule has 1 aromatic heterocycles. The van der Waals surface area contributed by atoms with E-state index in [9.17, 15) is 0 Å². The molecule has 1 nitrogen and oxygen atoms in total. The van der Waals surface area contributed by atoms with E-state index < -0.39 is 0 Å². The van der Waals surface area contributed by atoms with E-state index in [0.29, 0.717) is 0 Å². The van der Waals surface area contributed by atoms with Crippen LogP contribution < -0.4 is 5.32 Å². The molecular formula is C30H21NS. The molecule has 32 heavy (non-hydrogen) atoms. The Hall–Kier alpha value is -3.88. The summed E-state index contributed by atoms with van der Waals surface area (Å²) in [7, 11) is 0. The number of anilines is 2. The van der Waals surface area contributed by atoms with Gasteiger partial charge < -0.3 is 5.32 Å². The van der Waals surface area contributed by atoms with Crippen molar-refractivity contribution in [2.24, 2.45) is 0 Å². The Labute approximate surface area is 191 Å². The molecule has 0 atom stereocenters. The van der Waals surface area contributed by atoms with Crippen molar-refractivity contribution < 1.29 is 0 Å². The van der Waals surface area contributed by atoms with E-state index in [1.54, 1.807) is 0 Å². The van der Waals surface area contributed by atoms with Gasteiger partial charge in [0.2, 0.25) is 0 Å². The van der Waals surface area contributed by atoms with Crippen LogP contribution in [0.1, 0.15) is 0 Å². The van der Waals surface area contributed by atoms with Crippen molar-refractivity contribution in [1.29, 1.82) is 0 Å². The summed E-state index contributed by atoms with van der Waals surface area (Å²) in [4.78, 5) is 0. The molecule has 0 unspecified atom stereocenters. The maximum atomic E-state index is 3.56. The van der Waals surface area contributed by atoms with E-state index in [1.807, 2.05) is 11.3 Å². The van der Waals surface area contributed by atoms with Gasteiger partial charge in [-0.3, -0.25) is 0 Å². The van der Waals surface area contributed by atoms with Crippen LogP contribution in [-0.2, 0) is 0 Å². The number of fused-ring (bicyclic) bond motifs is 3. The van der Waals surface area contributed by atoms with Crippen LogP contribution in [0.5, 0.6) is 0 Å². The highest BCUT2D eigenvalue weighted by Gasteiger charge is 2.06. The third-order valence-electron chi connectivity index (χ3n) is 5.86. The summed E-state index contributed by atoms with van der Waals surface area (Å²) in [6, 6.07) is 43.2. The molecule has 5 aromatic carbocycles. The summed E-state index contributed by atoms with van der Waals surface area (Å²) in [6.45, 7) is 0. The standard InChI is InChI=1S/C30H21NS/c1-2-7-21(8-3-1)23-9-6-10-24(19-23)22-13-15-25(16-14-22)31-26-17-18-28-27-11-4-5-12-29(27)32-30(28)20-26/h1-20,31H. The van der Waals surface area contributed by atoms with Gasteiger partial charge in [0, 0.05) is 31.5 Å². The second-order valence-electron chi connectivity index (χ2n) is 7.96. The largest absolute Gasteiger partial charge is 0.355 e. The van der Waals surface area contributed by atoms with Gasteiger partial charge in [0.25, 0.3) is 0 Å². The first-order valence-electron chi connectivity index (χ1n) is 10.8. The van der Waals surface area contributed by atoms with Crippen molar-refractivity contribution in [3.05, 3.63) is 121 Å². The molecule has 0 saturated carbocycles. The fraction of sp³-hybridized carbons (Fsp3) is 0. The molecule has 152 valence electrons. The predicted molar refractivity (Wildman–Crippen MR) is 140 cm³/mol. The van der Waals surface area contributed by atoms with Crippen LogP contribution in [0, 0.1) is 0 Å². The molecule has 0 spiro atoms. The molecule has 0 aliphatic rings. The van der Waals surface area contributed by atoms with Crippen LogP contribution in [0.3, 0.4) is 0 Å². The third-order valence-corrected chi connectivity index (χ3v) is 6.99. The van der Waals surface area contributed by atoms with Crippen LogP contribution in [0.2, 0.25) is 0 Å². The minimum Gasteiger partial charge on any atom is -0.355 e. The molecule has 0 bridgehead atoms. The first-order valence-corrected chi connectivity index (χ1v) is 11.6. The number of benzene rings is 5. The summed E-state index contributed by atoms with van der Waals surface area (Å²) in [5.74, 6) is 0. The van der Waals surface area contributed by atoms with Gasteiger partial charge in [-0.15, -0.1) is 11.3 Å². The van der Waals surface area contributed by atoms with E-state index in [-0.39, 0.29) is 0 Å². The van der Waals surface area contributed by atoms with E-state index >= 15 is 0 Å². The molecule has 0 amide bonds. The Morgan fingerprint density at radius 2 is 1.03 bits per heavy atom. The van der Waals surface area contributed by atoms with Crippen molar-refractivity contribution in [1.82, 2.24) is 0 Å². The van der Waals surface area contributed by atoms with Gasteiger partial charge in [-0.25, -0.2) is 0 Å². The van der Waals surface area contributed by atoms with E-state index in [4.69, 9.17) is 0 Å². The summed E-state index contributed by atoms with van der Waals surface area (Å²) >= 11 is 1.85. The summed E-state index contributed by atoms with van der Waals surface area (Å²) in [6.07, 6.45) is 0. The van der Waals surface area contributed by atoms with Crippen LogP contribution >= 0.6 is 11.3 Å². The third kappa shape index (κ3) is 3.55. The minimum absolute atomic E-state index is 1.09. The Kier molecular flexibility index (Phi) is 4.71. The first kappa shape index (κ1) is 18.9. The average Bonchev–Trinajstić information content (AvgIpc) is 3.23. The second kappa shape index (κ2) is 7.99. The smallest absolute Gasteiger partial charge is 0.0398 e. The number of rotatable bonds is 4. The van der Waals surface area contributed by atoms with Gasteiger partial charge in [-0.05, 0) is 58.7 Å². The zero-order valence-electron chi connectivity index (χ0n) is 17.5. The molecule has 6 aromatic rings. The Balaban J connectivity index is 1.26. The van der Waals surface area contributed by atoms with Crippen LogP contribution in [0.25, 0.3) is 42.4 Å². The maximum Gasteiger partial charge on any atom is 0.0398 e. The van der Waals surface area contributed by atoms with Crippen molar-refractivity contribution in [2.45, 2.75) is 0 Å². The van der Waals surface area contributed by atoms with Crippen LogP contribution in [-0.4, -0.2) is 0 Å². The van der Waals surface area contributed by atoms with Crippen LogP contribution in [0.15, 0.2) is 121 Å². The number of nitrogens with one attached hydrogen (secondary N) is 1. The van der Waals surface area contributed by atoms with Gasteiger partial charge in [0.15, 0.2) is 0 Å². The highest BCUT2D eigenvalue weighted by Crippen LogP contribution is 2.36. The lowest BCUT2D eigenvalue weighted by molar-refractivity contribution is 1.55. The first-order chi connectivity index (χ1) is 15.8. The van der Waals surface area contributed by atoms with Crippen molar-refractivity contribution >= 4 is 42.9 Å². The Morgan fingerprint density at radius 3 is 1.84 bits per heavy atom. The fourth-order valence-electron chi connectivity index (χ4n) is 4.23. The zero-order chi connectivity index (χ0) is 21.3. The predicted octanol–water partition coefficient (Wildman–Crippen LogP) is 9.13. The second-order valence-corrected chi connectivity index (χ2v) is 9.04. The molecule has 0 aliphatic heterocycles. The van der Waals surface area contributed by atoms with E-state index in [2.05, 4.69) is 127 Å². The van der Waals surface area contributed by atoms with Gasteiger partial charge >= 0.3 is 0 Å². The molecule has 6 rings (SSSR count). The lowest BCUT2D eigenvalue weighted by Crippen LogP contribution is -1.89. The summed E-state index contributed by atoms with van der Waals surface area (Å²) in [5.41, 5.74) is 7.13. The van der Waals surface area contributed by atoms with Gasteiger partial charge in [-0.2, -0.15) is 0 Å². The van der Waals surface area contributed by atoms with Crippen molar-refractivity contribution in [3.8, 4) is 22.3 Å². The van der Waals surface area contributed by atoms with Gasteiger partial charge in [0.05, 0.1) is 0 Å². The monoisotopic (exact) mass is 427 g/mol. The van der Waals surface area contributed by atoms with Gasteiger partial charge in [0.1, 0.15) is 0 Å². The Bertz CT molecular complexity index is 1530. The summed E-state index contributed by atoms with van der Waals surface area (Å²) < 4.78 is 2.65. The summed E-state index contributed by atoms with van der Waals surface area (Å²) in [5, 5.41) is 6.22. The molecule has 0 radical (unpaired) electrons. The molecule has 1 N–H and O–H groups in total.